The molecule has 4 heteroatoms. The molecule has 0 aliphatic heterocycles. The van der Waals surface area contributed by atoms with Crippen molar-refractivity contribution in [3.63, 3.8) is 0 Å². The van der Waals surface area contributed by atoms with Gasteiger partial charge < -0.3 is 9.16 Å². The van der Waals surface area contributed by atoms with E-state index in [9.17, 15) is 4.79 Å². The van der Waals surface area contributed by atoms with Crippen molar-refractivity contribution in [3.8, 4) is 0 Å². The number of Topliss-reactive ketones (excluding diaryl/α,β-unsaturated/α-hetero) is 1. The van der Waals surface area contributed by atoms with Crippen LogP contribution in [0.3, 0.4) is 0 Å². The number of rotatable bonds is 8. The average Bonchev–Trinajstić information content (AvgIpc) is 3.31. The van der Waals surface area contributed by atoms with Gasteiger partial charge in [0.2, 0.25) is 0 Å². The maximum atomic E-state index is 12.2. The number of ketones is 1. The van der Waals surface area contributed by atoms with E-state index in [1.54, 1.807) is 7.11 Å². The number of methoxy groups -OCH3 is 1. The number of carbonyl (C=O) groups excluding carboxylic acids is 1. The topological polar surface area (TPSA) is 35.5 Å². The van der Waals surface area contributed by atoms with E-state index in [1.165, 1.54) is 5.56 Å². The van der Waals surface area contributed by atoms with Gasteiger partial charge in [-0.15, -0.1) is 0 Å². The van der Waals surface area contributed by atoms with Crippen molar-refractivity contribution in [2.24, 2.45) is 0 Å². The Labute approximate surface area is 178 Å². The molecule has 0 amide bonds. The highest BCUT2D eigenvalue weighted by Gasteiger charge is 2.72. The number of hydrogen-bond acceptors (Lipinski definition) is 3. The van der Waals surface area contributed by atoms with Crippen LogP contribution in [0.2, 0.25) is 18.1 Å². The van der Waals surface area contributed by atoms with Gasteiger partial charge in [-0.05, 0) is 61.4 Å². The lowest BCUT2D eigenvalue weighted by atomic mass is 9.86. The maximum absolute atomic E-state index is 12.2. The third-order valence-corrected chi connectivity index (χ3v) is 11.9. The lowest BCUT2D eigenvalue weighted by Gasteiger charge is -2.41. The summed E-state index contributed by atoms with van der Waals surface area (Å²) in [6.45, 7) is 11.4. The van der Waals surface area contributed by atoms with Crippen molar-refractivity contribution >= 4 is 14.1 Å². The molecule has 1 fully saturated rings. The number of ether oxygens (including phenoxy) is 1. The van der Waals surface area contributed by atoms with Crippen molar-refractivity contribution in [2.45, 2.75) is 95.1 Å². The molecule has 3 nitrogen and oxygen atoms in total. The van der Waals surface area contributed by atoms with Gasteiger partial charge in [0.25, 0.3) is 0 Å². The normalized spacial score (nSPS) is 27.7. The summed E-state index contributed by atoms with van der Waals surface area (Å²) in [5, 5.41) is 0.128. The predicted molar refractivity (Wildman–Crippen MR) is 122 cm³/mol. The minimum Gasteiger partial charge on any atom is -0.389 e. The van der Waals surface area contributed by atoms with Crippen LogP contribution in [0.5, 0.6) is 0 Å². The summed E-state index contributed by atoms with van der Waals surface area (Å²) in [7, 11) is -0.197. The third kappa shape index (κ3) is 4.30. The molecule has 0 N–H and O–H groups in total. The van der Waals surface area contributed by atoms with Crippen LogP contribution >= 0.6 is 0 Å². The summed E-state index contributed by atoms with van der Waals surface area (Å²) >= 11 is 0. The van der Waals surface area contributed by atoms with Gasteiger partial charge in [0.05, 0.1) is 5.41 Å². The Morgan fingerprint density at radius 2 is 1.83 bits per heavy atom. The Bertz CT molecular complexity index is 762. The zero-order chi connectivity index (χ0) is 21.3. The fourth-order valence-corrected chi connectivity index (χ4v) is 5.98. The minimum atomic E-state index is -1.99. The van der Waals surface area contributed by atoms with Crippen molar-refractivity contribution in [1.82, 2.24) is 0 Å². The number of hydrogen-bond donors (Lipinski definition) is 0. The van der Waals surface area contributed by atoms with Crippen LogP contribution in [-0.4, -0.2) is 27.0 Å². The molecular formula is C25H38O3Si. The van der Waals surface area contributed by atoms with Crippen LogP contribution in [0.15, 0.2) is 42.0 Å². The number of benzene rings is 1. The lowest BCUT2D eigenvalue weighted by molar-refractivity contribution is -0.116. The Hall–Kier alpha value is -1.23. The standard InChI is InChI=1S/C25H38O3Si/c1-23(2,3)29(5,6)28-25(27-4)19-24(25,21-15-8-7-9-16-21)18-12-14-20-13-10-11-17-22(20)26/h7-9,13,15-16H,10-12,14,17-19H2,1-6H3. The smallest absolute Gasteiger partial charge is 0.195 e. The average molecular weight is 415 g/mol. The van der Waals surface area contributed by atoms with Crippen LogP contribution in [0, 0.1) is 0 Å². The van der Waals surface area contributed by atoms with E-state index in [4.69, 9.17) is 9.16 Å². The molecule has 160 valence electrons. The lowest BCUT2D eigenvalue weighted by Crippen LogP contribution is -2.47. The van der Waals surface area contributed by atoms with E-state index in [2.05, 4.69) is 70.3 Å². The zero-order valence-corrected chi connectivity index (χ0v) is 20.1. The number of allylic oxidation sites excluding steroid dienone is 2. The van der Waals surface area contributed by atoms with Gasteiger partial charge in [-0.25, -0.2) is 0 Å². The monoisotopic (exact) mass is 414 g/mol. The van der Waals surface area contributed by atoms with E-state index in [-0.39, 0.29) is 10.5 Å². The Morgan fingerprint density at radius 3 is 2.41 bits per heavy atom. The van der Waals surface area contributed by atoms with Crippen molar-refractivity contribution < 1.29 is 14.0 Å². The largest absolute Gasteiger partial charge is 0.389 e. The molecular weight excluding hydrogens is 376 g/mol. The minimum absolute atomic E-state index is 0.128. The molecule has 3 rings (SSSR count). The molecule has 2 aliphatic carbocycles. The van der Waals surface area contributed by atoms with Crippen LogP contribution in [0.1, 0.15) is 71.3 Å². The van der Waals surface area contributed by atoms with Crippen molar-refractivity contribution in [3.05, 3.63) is 47.5 Å². The highest BCUT2D eigenvalue weighted by Crippen LogP contribution is 2.65. The van der Waals surface area contributed by atoms with Crippen molar-refractivity contribution in [2.75, 3.05) is 7.11 Å². The zero-order valence-electron chi connectivity index (χ0n) is 19.1. The van der Waals surface area contributed by atoms with Crippen LogP contribution < -0.4 is 0 Å². The second-order valence-electron chi connectivity index (χ2n) is 10.3. The number of carbonyl (C=O) groups is 1. The Morgan fingerprint density at radius 1 is 1.14 bits per heavy atom. The highest BCUT2D eigenvalue weighted by atomic mass is 28.4. The summed E-state index contributed by atoms with van der Waals surface area (Å²) in [6, 6.07) is 10.7. The van der Waals surface area contributed by atoms with E-state index in [0.29, 0.717) is 12.2 Å². The fourth-order valence-electron chi connectivity index (χ4n) is 4.50. The quantitative estimate of drug-likeness (QED) is 0.358. The predicted octanol–water partition coefficient (Wildman–Crippen LogP) is 6.54. The molecule has 0 saturated heterocycles. The summed E-state index contributed by atoms with van der Waals surface area (Å²) < 4.78 is 13.1. The van der Waals surface area contributed by atoms with Crippen molar-refractivity contribution in [1.29, 1.82) is 0 Å². The van der Waals surface area contributed by atoms with Crippen LogP contribution in [0.25, 0.3) is 0 Å². The van der Waals surface area contributed by atoms with E-state index in [1.807, 2.05) is 0 Å². The summed E-state index contributed by atoms with van der Waals surface area (Å²) in [4.78, 5) is 12.2. The molecule has 2 unspecified atom stereocenters. The van der Waals surface area contributed by atoms with Crippen LogP contribution in [0.4, 0.5) is 0 Å². The summed E-state index contributed by atoms with van der Waals surface area (Å²) in [6.07, 6.45) is 8.64. The van der Waals surface area contributed by atoms with Gasteiger partial charge in [0.15, 0.2) is 19.9 Å². The first-order valence-corrected chi connectivity index (χ1v) is 14.0. The molecule has 0 bridgehead atoms. The second kappa shape index (κ2) is 8.13. The van der Waals surface area contributed by atoms with Gasteiger partial charge >= 0.3 is 0 Å². The molecule has 0 aromatic heterocycles. The second-order valence-corrected chi connectivity index (χ2v) is 15.1. The van der Waals surface area contributed by atoms with E-state index in [0.717, 1.165) is 44.1 Å². The van der Waals surface area contributed by atoms with Gasteiger partial charge in [-0.1, -0.05) is 57.2 Å². The first kappa shape index (κ1) is 22.5. The highest BCUT2D eigenvalue weighted by molar-refractivity contribution is 6.74. The third-order valence-electron chi connectivity index (χ3n) is 7.43. The molecule has 1 aromatic rings. The van der Waals surface area contributed by atoms with Gasteiger partial charge in [0.1, 0.15) is 0 Å². The summed E-state index contributed by atoms with van der Waals surface area (Å²) in [5.41, 5.74) is 2.20. The Balaban J connectivity index is 1.82. The maximum Gasteiger partial charge on any atom is 0.195 e. The molecule has 2 aliphatic rings. The summed E-state index contributed by atoms with van der Waals surface area (Å²) in [5.74, 6) is -0.209. The Kier molecular flexibility index (Phi) is 6.29. The molecule has 0 heterocycles. The molecule has 1 aromatic carbocycles. The SMILES string of the molecule is COC1(O[Si](C)(C)C(C)(C)C)CC1(CCCC1=CCCCC1=O)c1ccccc1. The molecule has 0 spiro atoms. The molecule has 29 heavy (non-hydrogen) atoms. The van der Waals surface area contributed by atoms with E-state index < -0.39 is 14.1 Å². The first-order valence-electron chi connectivity index (χ1n) is 11.1. The molecule has 2 atom stereocenters. The van der Waals surface area contributed by atoms with Crippen LogP contribution in [-0.2, 0) is 19.4 Å². The molecule has 0 radical (unpaired) electrons. The first-order chi connectivity index (χ1) is 13.6. The van der Waals surface area contributed by atoms with Gasteiger partial charge in [0, 0.05) is 20.0 Å². The fraction of sp³-hybridized carbons (Fsp3) is 0.640. The molecule has 1 saturated carbocycles. The van der Waals surface area contributed by atoms with Gasteiger partial charge in [-0.2, -0.15) is 0 Å². The van der Waals surface area contributed by atoms with Gasteiger partial charge in [-0.3, -0.25) is 4.79 Å². The van der Waals surface area contributed by atoms with E-state index >= 15 is 0 Å².